The van der Waals surface area contributed by atoms with E-state index in [1.165, 1.54) is 0 Å². The zero-order valence-corrected chi connectivity index (χ0v) is 10.2. The fraction of sp³-hybridized carbons (Fsp3) is 0.214. The average molecular weight is 240 g/mol. The summed E-state index contributed by atoms with van der Waals surface area (Å²) in [6, 6.07) is 6.07. The van der Waals surface area contributed by atoms with Crippen LogP contribution in [0.25, 0.3) is 11.4 Å². The van der Waals surface area contributed by atoms with E-state index < -0.39 is 0 Å². The maximum Gasteiger partial charge on any atom is 0.190 e. The lowest BCUT2D eigenvalue weighted by molar-refractivity contribution is 0.129. The monoisotopic (exact) mass is 240 g/mol. The Labute approximate surface area is 104 Å². The number of nitrogens with zero attached hydrogens (tertiary/aromatic N) is 2. The van der Waals surface area contributed by atoms with Gasteiger partial charge in [0.15, 0.2) is 17.1 Å². The molecule has 0 aliphatic carbocycles. The molecule has 0 amide bonds. The van der Waals surface area contributed by atoms with E-state index in [1.807, 2.05) is 36.7 Å². The molecule has 2 aliphatic rings. The molecule has 0 bridgehead atoms. The number of benzene rings is 1. The van der Waals surface area contributed by atoms with Crippen LogP contribution in [0.15, 0.2) is 42.7 Å². The van der Waals surface area contributed by atoms with Crippen molar-refractivity contribution in [2.45, 2.75) is 19.4 Å². The molecular weight excluding hydrogens is 228 g/mol. The Morgan fingerprint density at radius 2 is 2.17 bits per heavy atom. The summed E-state index contributed by atoms with van der Waals surface area (Å²) in [4.78, 5) is 4.05. The fourth-order valence-electron chi connectivity index (χ4n) is 2.33. The zero-order valence-electron chi connectivity index (χ0n) is 10.2. The number of rotatable bonds is 1. The Kier molecular flexibility index (Phi) is 1.60. The summed E-state index contributed by atoms with van der Waals surface area (Å²) in [5.74, 6) is 2.78. The van der Waals surface area contributed by atoms with E-state index >= 15 is 0 Å². The number of hydrogen-bond donors (Lipinski definition) is 0. The first-order chi connectivity index (χ1) is 8.65. The van der Waals surface area contributed by atoms with E-state index in [4.69, 9.17) is 9.47 Å². The van der Waals surface area contributed by atoms with Crippen molar-refractivity contribution in [3.63, 3.8) is 0 Å². The van der Waals surface area contributed by atoms with Crippen LogP contribution in [-0.4, -0.2) is 15.2 Å². The molecule has 4 heteroatoms. The second kappa shape index (κ2) is 2.96. The van der Waals surface area contributed by atoms with Gasteiger partial charge in [-0.05, 0) is 32.0 Å². The van der Waals surface area contributed by atoms with Crippen LogP contribution in [0.5, 0.6) is 5.75 Å². The van der Waals surface area contributed by atoms with Crippen LogP contribution < -0.4 is 4.74 Å². The summed E-state index contributed by atoms with van der Waals surface area (Å²) in [7, 11) is 0. The first-order valence-corrected chi connectivity index (χ1v) is 5.89. The molecule has 18 heavy (non-hydrogen) atoms. The van der Waals surface area contributed by atoms with Gasteiger partial charge in [-0.15, -0.1) is 0 Å². The Morgan fingerprint density at radius 1 is 1.28 bits per heavy atom. The largest absolute Gasteiger partial charge is 0.479 e. The highest BCUT2D eigenvalue weighted by Crippen LogP contribution is 2.52. The van der Waals surface area contributed by atoms with Gasteiger partial charge in [-0.3, -0.25) is 0 Å². The van der Waals surface area contributed by atoms with Crippen molar-refractivity contribution >= 4 is 5.76 Å². The molecule has 0 N–H and O–H groups in total. The maximum atomic E-state index is 5.94. The van der Waals surface area contributed by atoms with Gasteiger partial charge >= 0.3 is 0 Å². The Morgan fingerprint density at radius 3 is 2.94 bits per heavy atom. The number of ether oxygens (including phenoxy) is 2. The molecule has 3 heterocycles. The molecule has 0 saturated heterocycles. The van der Waals surface area contributed by atoms with Crippen LogP contribution in [0.2, 0.25) is 0 Å². The van der Waals surface area contributed by atoms with Crippen LogP contribution in [0, 0.1) is 0 Å². The molecule has 1 aromatic carbocycles. The minimum absolute atomic E-state index is 0.348. The van der Waals surface area contributed by atoms with Gasteiger partial charge in [-0.1, -0.05) is 0 Å². The van der Waals surface area contributed by atoms with Gasteiger partial charge in [0.25, 0.3) is 0 Å². The molecule has 4 rings (SSSR count). The van der Waals surface area contributed by atoms with Crippen LogP contribution in [0.1, 0.15) is 19.4 Å². The molecule has 0 saturated carbocycles. The molecule has 0 fully saturated rings. The SMILES string of the molecule is CC1(C)Oc2ccc(-n3ccnc3)cc2C2=C1O2. The number of fused-ring (bicyclic) bond motifs is 2. The standard InChI is InChI=1S/C14H12N2O2/c1-14(2)13-12(17-13)10-7-9(3-4-11(10)18-14)16-6-5-15-8-16/h3-8H,1-2H3. The number of imidazole rings is 1. The minimum atomic E-state index is -0.348. The van der Waals surface area contributed by atoms with E-state index in [9.17, 15) is 0 Å². The van der Waals surface area contributed by atoms with Crippen molar-refractivity contribution in [3.05, 3.63) is 48.2 Å². The molecule has 0 radical (unpaired) electrons. The third-order valence-electron chi connectivity index (χ3n) is 3.29. The summed E-state index contributed by atoms with van der Waals surface area (Å²) in [6.45, 7) is 4.03. The number of aromatic nitrogens is 2. The van der Waals surface area contributed by atoms with Gasteiger partial charge in [0.2, 0.25) is 0 Å². The Balaban J connectivity index is 1.85. The second-order valence-corrected chi connectivity index (χ2v) is 5.02. The predicted octanol–water partition coefficient (Wildman–Crippen LogP) is 2.74. The molecule has 90 valence electrons. The van der Waals surface area contributed by atoms with Gasteiger partial charge in [0.05, 0.1) is 11.9 Å². The maximum absolute atomic E-state index is 5.94. The second-order valence-electron chi connectivity index (χ2n) is 5.02. The summed E-state index contributed by atoms with van der Waals surface area (Å²) in [5.41, 5.74) is 1.73. The summed E-state index contributed by atoms with van der Waals surface area (Å²) < 4.78 is 13.5. The van der Waals surface area contributed by atoms with Crippen LogP contribution >= 0.6 is 0 Å². The summed E-state index contributed by atoms with van der Waals surface area (Å²) >= 11 is 0. The van der Waals surface area contributed by atoms with Gasteiger partial charge in [0, 0.05) is 18.1 Å². The summed E-state index contributed by atoms with van der Waals surface area (Å²) in [6.07, 6.45) is 5.45. The van der Waals surface area contributed by atoms with E-state index in [0.717, 1.165) is 28.5 Å². The Hall–Kier alpha value is -2.23. The first-order valence-electron chi connectivity index (χ1n) is 5.89. The zero-order chi connectivity index (χ0) is 12.3. The quantitative estimate of drug-likeness (QED) is 0.769. The molecule has 0 spiro atoms. The van der Waals surface area contributed by atoms with Crippen LogP contribution in [-0.2, 0) is 4.74 Å². The highest BCUT2D eigenvalue weighted by molar-refractivity contribution is 5.80. The smallest absolute Gasteiger partial charge is 0.190 e. The number of hydrogen-bond acceptors (Lipinski definition) is 3. The molecule has 2 aromatic rings. The van der Waals surface area contributed by atoms with Crippen molar-refractivity contribution in [1.82, 2.24) is 9.55 Å². The van der Waals surface area contributed by atoms with E-state index in [0.29, 0.717) is 0 Å². The van der Waals surface area contributed by atoms with E-state index in [-0.39, 0.29) is 5.60 Å². The lowest BCUT2D eigenvalue weighted by atomic mass is 10.0. The lowest BCUT2D eigenvalue weighted by Crippen LogP contribution is -2.28. The third-order valence-corrected chi connectivity index (χ3v) is 3.29. The predicted molar refractivity (Wildman–Crippen MR) is 66.3 cm³/mol. The van der Waals surface area contributed by atoms with Crippen molar-refractivity contribution in [1.29, 1.82) is 0 Å². The molecule has 0 atom stereocenters. The van der Waals surface area contributed by atoms with Crippen molar-refractivity contribution in [2.75, 3.05) is 0 Å². The molecular formula is C14H12N2O2. The molecule has 1 aromatic heterocycles. The van der Waals surface area contributed by atoms with E-state index in [1.54, 1.807) is 12.5 Å². The van der Waals surface area contributed by atoms with Gasteiger partial charge in [0.1, 0.15) is 5.75 Å². The van der Waals surface area contributed by atoms with Crippen molar-refractivity contribution in [3.8, 4) is 11.4 Å². The lowest BCUT2D eigenvalue weighted by Gasteiger charge is -2.24. The highest BCUT2D eigenvalue weighted by atomic mass is 16.6. The highest BCUT2D eigenvalue weighted by Gasteiger charge is 2.47. The van der Waals surface area contributed by atoms with E-state index in [2.05, 4.69) is 11.1 Å². The van der Waals surface area contributed by atoms with Crippen LogP contribution in [0.3, 0.4) is 0 Å². The Bertz CT molecular complexity index is 669. The van der Waals surface area contributed by atoms with Gasteiger partial charge < -0.3 is 14.0 Å². The summed E-state index contributed by atoms with van der Waals surface area (Å²) in [5, 5.41) is 0. The molecule has 2 aliphatic heterocycles. The molecule has 4 nitrogen and oxygen atoms in total. The minimum Gasteiger partial charge on any atom is -0.479 e. The molecule has 0 unspecified atom stereocenters. The normalized spacial score (nSPS) is 18.6. The van der Waals surface area contributed by atoms with Gasteiger partial charge in [-0.2, -0.15) is 0 Å². The fourth-order valence-corrected chi connectivity index (χ4v) is 2.33. The average Bonchev–Trinajstić information content (AvgIpc) is 2.98. The topological polar surface area (TPSA) is 39.6 Å². The van der Waals surface area contributed by atoms with Crippen molar-refractivity contribution in [2.24, 2.45) is 0 Å². The van der Waals surface area contributed by atoms with Crippen molar-refractivity contribution < 1.29 is 9.47 Å². The first kappa shape index (κ1) is 9.76. The van der Waals surface area contributed by atoms with Crippen LogP contribution in [0.4, 0.5) is 0 Å². The van der Waals surface area contributed by atoms with Gasteiger partial charge in [-0.25, -0.2) is 4.98 Å². The third kappa shape index (κ3) is 1.23.